The van der Waals surface area contributed by atoms with Gasteiger partial charge in [-0.1, -0.05) is 13.8 Å². The minimum atomic E-state index is -1.03. The van der Waals surface area contributed by atoms with Crippen LogP contribution in [0.4, 0.5) is 4.79 Å². The number of amides is 4. The van der Waals surface area contributed by atoms with Gasteiger partial charge in [0.25, 0.3) is 0 Å². The third kappa shape index (κ3) is 5.86. The first-order chi connectivity index (χ1) is 16.3. The maximum atomic E-state index is 13.5. The number of piperidine rings is 1. The number of likely N-dealkylation sites (tertiary alicyclic amines) is 1. The molecule has 3 fully saturated rings. The Morgan fingerprint density at radius 2 is 1.97 bits per heavy atom. The van der Waals surface area contributed by atoms with Gasteiger partial charge in [-0.2, -0.15) is 5.26 Å². The van der Waals surface area contributed by atoms with Crippen molar-refractivity contribution in [3.05, 3.63) is 0 Å². The first-order valence-electron chi connectivity index (χ1n) is 12.1. The number of hydrogen-bond donors (Lipinski definition) is 3. The number of methoxy groups -OCH3 is 1. The van der Waals surface area contributed by atoms with Gasteiger partial charge in [0, 0.05) is 26.1 Å². The standard InChI is InChI=1S/C24H37N5O6/c1-23(2,3)35-22(33)28-16(12-34-6)21(32)29-11-15-17(24(15,4)5)18(29)20(31)27-14(10-25)9-13-7-8-26-19(13)30/h13-18H,7-9,11-12H2,1-6H3,(H,26,30)(H,27,31)(H,28,33)/t13-,14?,15-,16?,17-,18-/m0/s1. The van der Waals surface area contributed by atoms with Crippen molar-refractivity contribution in [2.24, 2.45) is 23.2 Å². The maximum Gasteiger partial charge on any atom is 0.408 e. The zero-order chi connectivity index (χ0) is 26.1. The maximum absolute atomic E-state index is 13.5. The molecule has 2 heterocycles. The molecular formula is C24H37N5O6. The van der Waals surface area contributed by atoms with Crippen LogP contribution in [0.5, 0.6) is 0 Å². The number of ether oxygens (including phenoxy) is 2. The van der Waals surface area contributed by atoms with Crippen molar-refractivity contribution < 1.29 is 28.7 Å². The lowest BCUT2D eigenvalue weighted by atomic mass is 9.97. The molecule has 3 N–H and O–H groups in total. The van der Waals surface area contributed by atoms with E-state index in [2.05, 4.69) is 35.9 Å². The smallest absolute Gasteiger partial charge is 0.408 e. The highest BCUT2D eigenvalue weighted by atomic mass is 16.6. The van der Waals surface area contributed by atoms with Crippen LogP contribution in [0.3, 0.4) is 0 Å². The summed E-state index contributed by atoms with van der Waals surface area (Å²) in [5.41, 5.74) is -0.864. The zero-order valence-electron chi connectivity index (χ0n) is 21.3. The average Bonchev–Trinajstić information content (AvgIpc) is 3.10. The molecule has 1 saturated carbocycles. The lowest BCUT2D eigenvalue weighted by Crippen LogP contribution is -2.58. The van der Waals surface area contributed by atoms with Gasteiger partial charge >= 0.3 is 6.09 Å². The first kappa shape index (κ1) is 26.7. The predicted octanol–water partition coefficient (Wildman–Crippen LogP) is 0.544. The number of carbonyl (C=O) groups excluding carboxylic acids is 4. The van der Waals surface area contributed by atoms with E-state index in [1.807, 2.05) is 0 Å². The van der Waals surface area contributed by atoms with Crippen LogP contribution < -0.4 is 16.0 Å². The number of nitrogens with zero attached hydrogens (tertiary/aromatic N) is 2. The van der Waals surface area contributed by atoms with E-state index < -0.39 is 41.6 Å². The van der Waals surface area contributed by atoms with Gasteiger partial charge < -0.3 is 30.3 Å². The third-order valence-electron chi connectivity index (χ3n) is 7.24. The van der Waals surface area contributed by atoms with E-state index in [9.17, 15) is 24.4 Å². The molecule has 0 bridgehead atoms. The number of alkyl carbamates (subject to hydrolysis) is 1. The fraction of sp³-hybridized carbons (Fsp3) is 0.792. The molecular weight excluding hydrogens is 454 g/mol. The molecule has 0 aromatic carbocycles. The van der Waals surface area contributed by atoms with E-state index in [4.69, 9.17) is 9.47 Å². The van der Waals surface area contributed by atoms with Gasteiger partial charge in [0.05, 0.1) is 12.7 Å². The molecule has 3 aliphatic rings. The number of nitriles is 1. The molecule has 194 valence electrons. The van der Waals surface area contributed by atoms with Gasteiger partial charge in [-0.15, -0.1) is 0 Å². The van der Waals surface area contributed by atoms with Crippen LogP contribution in [0.15, 0.2) is 0 Å². The number of nitrogens with one attached hydrogen (secondary N) is 3. The molecule has 0 aromatic rings. The Morgan fingerprint density at radius 1 is 1.29 bits per heavy atom. The van der Waals surface area contributed by atoms with Gasteiger partial charge in [0.15, 0.2) is 0 Å². The molecule has 2 aliphatic heterocycles. The average molecular weight is 492 g/mol. The second kappa shape index (κ2) is 10.0. The second-order valence-corrected chi connectivity index (χ2v) is 11.2. The summed E-state index contributed by atoms with van der Waals surface area (Å²) in [4.78, 5) is 52.6. The molecule has 1 aliphatic carbocycles. The molecule has 0 spiro atoms. The summed E-state index contributed by atoms with van der Waals surface area (Å²) in [5, 5.41) is 17.7. The van der Waals surface area contributed by atoms with Crippen LogP contribution >= 0.6 is 0 Å². The molecule has 35 heavy (non-hydrogen) atoms. The Kier molecular flexibility index (Phi) is 7.65. The van der Waals surface area contributed by atoms with Gasteiger partial charge in [-0.3, -0.25) is 14.4 Å². The second-order valence-electron chi connectivity index (χ2n) is 11.2. The Morgan fingerprint density at radius 3 is 2.51 bits per heavy atom. The van der Waals surface area contributed by atoms with Crippen molar-refractivity contribution in [2.75, 3.05) is 26.8 Å². The van der Waals surface area contributed by atoms with E-state index in [0.717, 1.165) is 0 Å². The number of rotatable bonds is 8. The van der Waals surface area contributed by atoms with E-state index in [0.29, 0.717) is 19.5 Å². The van der Waals surface area contributed by atoms with Gasteiger partial charge in [-0.25, -0.2) is 4.79 Å². The van der Waals surface area contributed by atoms with Crippen LogP contribution in [0.1, 0.15) is 47.5 Å². The van der Waals surface area contributed by atoms with E-state index >= 15 is 0 Å². The molecule has 3 rings (SSSR count). The van der Waals surface area contributed by atoms with Gasteiger partial charge in [0.1, 0.15) is 23.7 Å². The van der Waals surface area contributed by atoms with Crippen molar-refractivity contribution in [3.63, 3.8) is 0 Å². The number of hydrogen-bond acceptors (Lipinski definition) is 7. The highest BCUT2D eigenvalue weighted by Gasteiger charge is 2.69. The summed E-state index contributed by atoms with van der Waals surface area (Å²) in [5.74, 6) is -1.23. The number of carbonyl (C=O) groups is 4. The Balaban J connectivity index is 1.73. The Labute approximate surface area is 206 Å². The summed E-state index contributed by atoms with van der Waals surface area (Å²) in [7, 11) is 1.42. The van der Waals surface area contributed by atoms with Crippen molar-refractivity contribution >= 4 is 23.8 Å². The summed E-state index contributed by atoms with van der Waals surface area (Å²) in [6, 6.07) is -0.575. The highest BCUT2D eigenvalue weighted by molar-refractivity contribution is 5.93. The van der Waals surface area contributed by atoms with Gasteiger partial charge in [-0.05, 0) is 50.9 Å². The Bertz CT molecular complexity index is 907. The fourth-order valence-corrected chi connectivity index (χ4v) is 5.36. The van der Waals surface area contributed by atoms with Crippen LogP contribution in [-0.4, -0.2) is 79.2 Å². The van der Waals surface area contributed by atoms with Crippen molar-refractivity contribution in [2.45, 2.75) is 71.2 Å². The van der Waals surface area contributed by atoms with E-state index in [1.54, 1.807) is 20.8 Å². The predicted molar refractivity (Wildman–Crippen MR) is 125 cm³/mol. The minimum absolute atomic E-state index is 0.0645. The summed E-state index contributed by atoms with van der Waals surface area (Å²) in [6.45, 7) is 10.1. The summed E-state index contributed by atoms with van der Waals surface area (Å²) in [6.07, 6.45) is 0.0878. The molecule has 11 nitrogen and oxygen atoms in total. The monoisotopic (exact) mass is 491 g/mol. The van der Waals surface area contributed by atoms with Gasteiger partial charge in [0.2, 0.25) is 17.7 Å². The zero-order valence-corrected chi connectivity index (χ0v) is 21.3. The molecule has 6 atom stereocenters. The van der Waals surface area contributed by atoms with E-state index in [1.165, 1.54) is 12.0 Å². The van der Waals surface area contributed by atoms with Crippen molar-refractivity contribution in [1.29, 1.82) is 5.26 Å². The molecule has 0 radical (unpaired) electrons. The van der Waals surface area contributed by atoms with Crippen LogP contribution in [-0.2, 0) is 23.9 Å². The topological polar surface area (TPSA) is 150 Å². The Hall–Kier alpha value is -2.87. The summed E-state index contributed by atoms with van der Waals surface area (Å²) >= 11 is 0. The summed E-state index contributed by atoms with van der Waals surface area (Å²) < 4.78 is 10.4. The molecule has 0 aromatic heterocycles. The minimum Gasteiger partial charge on any atom is -0.444 e. The third-order valence-corrected chi connectivity index (χ3v) is 7.24. The van der Waals surface area contributed by atoms with Crippen LogP contribution in [0, 0.1) is 34.5 Å². The highest BCUT2D eigenvalue weighted by Crippen LogP contribution is 2.64. The van der Waals surface area contributed by atoms with Crippen molar-refractivity contribution in [3.8, 4) is 6.07 Å². The molecule has 11 heteroatoms. The van der Waals surface area contributed by atoms with Crippen LogP contribution in [0.2, 0.25) is 0 Å². The SMILES string of the molecule is COCC(NC(=O)OC(C)(C)C)C(=O)N1C[C@H]2[C@@H]([C@H]1C(=O)NC(C#N)C[C@@H]1CCNC1=O)C2(C)C. The lowest BCUT2D eigenvalue weighted by Gasteiger charge is -2.33. The van der Waals surface area contributed by atoms with Crippen LogP contribution in [0.25, 0.3) is 0 Å². The molecule has 4 amide bonds. The number of fused-ring (bicyclic) bond motifs is 1. The molecule has 2 saturated heterocycles. The first-order valence-corrected chi connectivity index (χ1v) is 12.1. The van der Waals surface area contributed by atoms with Crippen molar-refractivity contribution in [1.82, 2.24) is 20.9 Å². The molecule has 2 unspecified atom stereocenters. The fourth-order valence-electron chi connectivity index (χ4n) is 5.36. The van der Waals surface area contributed by atoms with E-state index in [-0.39, 0.29) is 42.1 Å². The largest absolute Gasteiger partial charge is 0.444 e. The lowest BCUT2D eigenvalue weighted by molar-refractivity contribution is -0.143. The quantitative estimate of drug-likeness (QED) is 0.449. The normalized spacial score (nSPS) is 28.3.